The summed E-state index contributed by atoms with van der Waals surface area (Å²) >= 11 is 6.59. The van der Waals surface area contributed by atoms with Crippen molar-refractivity contribution in [1.82, 2.24) is 0 Å². The Hall–Kier alpha value is -0.690. The number of benzene rings is 1. The Morgan fingerprint density at radius 1 is 1.12 bits per heavy atom. The molecule has 0 aromatic heterocycles. The summed E-state index contributed by atoms with van der Waals surface area (Å²) in [7, 11) is 1.69. The molecule has 1 nitrogen and oxygen atoms in total. The first-order chi connectivity index (χ1) is 8.20. The van der Waals surface area contributed by atoms with Crippen molar-refractivity contribution in [3.8, 4) is 5.75 Å². The molecule has 0 heterocycles. The van der Waals surface area contributed by atoms with E-state index in [1.165, 1.54) is 31.2 Å². The minimum absolute atomic E-state index is 0.161. The molecule has 1 saturated carbocycles. The van der Waals surface area contributed by atoms with Crippen LogP contribution in [0.15, 0.2) is 24.3 Å². The quantitative estimate of drug-likeness (QED) is 0.702. The lowest BCUT2D eigenvalue weighted by Crippen LogP contribution is -2.16. The molecule has 1 fully saturated rings. The highest BCUT2D eigenvalue weighted by atomic mass is 35.5. The van der Waals surface area contributed by atoms with Crippen molar-refractivity contribution in [2.45, 2.75) is 38.0 Å². The Balaban J connectivity index is 2.00. The van der Waals surface area contributed by atoms with Gasteiger partial charge in [0.25, 0.3) is 0 Å². The van der Waals surface area contributed by atoms with Crippen LogP contribution in [-0.2, 0) is 0 Å². The molecule has 1 aromatic carbocycles. The van der Waals surface area contributed by atoms with Crippen LogP contribution in [0.2, 0.25) is 0 Å². The lowest BCUT2D eigenvalue weighted by molar-refractivity contribution is 0.283. The fraction of sp³-hybridized carbons (Fsp3) is 0.600. The molecule has 94 valence electrons. The molecule has 0 saturated heterocycles. The maximum absolute atomic E-state index is 6.59. The summed E-state index contributed by atoms with van der Waals surface area (Å²) in [6, 6.07) is 8.18. The fourth-order valence-electron chi connectivity index (χ4n) is 2.64. The van der Waals surface area contributed by atoms with Crippen molar-refractivity contribution in [3.63, 3.8) is 0 Å². The van der Waals surface area contributed by atoms with E-state index in [2.05, 4.69) is 19.1 Å². The Labute approximate surface area is 109 Å². The van der Waals surface area contributed by atoms with Crippen LogP contribution in [-0.4, -0.2) is 7.11 Å². The molecule has 1 unspecified atom stereocenters. The highest BCUT2D eigenvalue weighted by molar-refractivity contribution is 6.21. The van der Waals surface area contributed by atoms with E-state index in [1.54, 1.807) is 7.11 Å². The lowest BCUT2D eigenvalue weighted by atomic mass is 9.80. The molecule has 0 N–H and O–H groups in total. The molecular weight excluding hydrogens is 232 g/mol. The predicted molar refractivity (Wildman–Crippen MR) is 72.7 cm³/mol. The summed E-state index contributed by atoms with van der Waals surface area (Å²) in [4.78, 5) is 0. The number of alkyl halides is 1. The van der Waals surface area contributed by atoms with Gasteiger partial charge >= 0.3 is 0 Å². The molecular formula is C15H21ClO. The van der Waals surface area contributed by atoms with Gasteiger partial charge < -0.3 is 4.74 Å². The summed E-state index contributed by atoms with van der Waals surface area (Å²) in [5.74, 6) is 2.42. The van der Waals surface area contributed by atoms with Gasteiger partial charge in [0, 0.05) is 0 Å². The minimum Gasteiger partial charge on any atom is -0.497 e. The van der Waals surface area contributed by atoms with Crippen molar-refractivity contribution in [3.05, 3.63) is 29.8 Å². The normalized spacial score (nSPS) is 26.5. The zero-order chi connectivity index (χ0) is 12.3. The van der Waals surface area contributed by atoms with E-state index >= 15 is 0 Å². The summed E-state index contributed by atoms with van der Waals surface area (Å²) < 4.78 is 5.17. The van der Waals surface area contributed by atoms with Gasteiger partial charge in [0.05, 0.1) is 12.5 Å². The molecule has 0 spiro atoms. The third-order valence-corrected chi connectivity index (χ3v) is 4.52. The average molecular weight is 253 g/mol. The number of rotatable bonds is 3. The van der Waals surface area contributed by atoms with Crippen LogP contribution in [0.3, 0.4) is 0 Å². The smallest absolute Gasteiger partial charge is 0.118 e. The molecule has 1 aliphatic rings. The minimum atomic E-state index is 0.161. The van der Waals surface area contributed by atoms with Crippen LogP contribution in [0.4, 0.5) is 0 Å². The molecule has 1 aromatic rings. The fourth-order valence-corrected chi connectivity index (χ4v) is 3.04. The van der Waals surface area contributed by atoms with Crippen molar-refractivity contribution in [2.24, 2.45) is 11.8 Å². The summed E-state index contributed by atoms with van der Waals surface area (Å²) in [6.07, 6.45) is 5.18. The number of ether oxygens (including phenoxy) is 1. The van der Waals surface area contributed by atoms with Crippen molar-refractivity contribution >= 4 is 11.6 Å². The van der Waals surface area contributed by atoms with E-state index in [-0.39, 0.29) is 5.38 Å². The Bertz CT molecular complexity index is 338. The van der Waals surface area contributed by atoms with Crippen molar-refractivity contribution < 1.29 is 4.74 Å². The van der Waals surface area contributed by atoms with E-state index in [1.807, 2.05) is 12.1 Å². The van der Waals surface area contributed by atoms with Gasteiger partial charge in [0.2, 0.25) is 0 Å². The lowest BCUT2D eigenvalue weighted by Gasteiger charge is -2.29. The summed E-state index contributed by atoms with van der Waals surface area (Å²) in [5.41, 5.74) is 1.23. The van der Waals surface area contributed by atoms with Gasteiger partial charge in [-0.05, 0) is 42.4 Å². The largest absolute Gasteiger partial charge is 0.497 e. The third-order valence-electron chi connectivity index (χ3n) is 3.91. The van der Waals surface area contributed by atoms with Crippen molar-refractivity contribution in [2.75, 3.05) is 7.11 Å². The molecule has 0 bridgehead atoms. The topological polar surface area (TPSA) is 9.23 Å². The maximum Gasteiger partial charge on any atom is 0.118 e. The number of methoxy groups -OCH3 is 1. The molecule has 1 atom stereocenters. The molecule has 2 rings (SSSR count). The van der Waals surface area contributed by atoms with Crippen LogP contribution in [0.5, 0.6) is 5.75 Å². The van der Waals surface area contributed by atoms with Crippen LogP contribution >= 0.6 is 11.6 Å². The zero-order valence-corrected chi connectivity index (χ0v) is 11.4. The average Bonchev–Trinajstić information content (AvgIpc) is 2.39. The Kier molecular flexibility index (Phi) is 4.33. The molecule has 0 amide bonds. The van der Waals surface area contributed by atoms with Crippen molar-refractivity contribution in [1.29, 1.82) is 0 Å². The first-order valence-corrected chi connectivity index (χ1v) is 6.92. The van der Waals surface area contributed by atoms with E-state index in [0.717, 1.165) is 11.7 Å². The first kappa shape index (κ1) is 12.8. The zero-order valence-electron chi connectivity index (χ0n) is 10.7. The second kappa shape index (κ2) is 5.77. The first-order valence-electron chi connectivity index (χ1n) is 6.48. The van der Waals surface area contributed by atoms with Gasteiger partial charge in [0.15, 0.2) is 0 Å². The second-order valence-corrected chi connectivity index (χ2v) is 5.67. The van der Waals surface area contributed by atoms with Crippen LogP contribution < -0.4 is 4.74 Å². The monoisotopic (exact) mass is 252 g/mol. The number of hydrogen-bond acceptors (Lipinski definition) is 1. The Morgan fingerprint density at radius 2 is 1.71 bits per heavy atom. The van der Waals surface area contributed by atoms with Gasteiger partial charge in [-0.3, -0.25) is 0 Å². The molecule has 0 aliphatic heterocycles. The van der Waals surface area contributed by atoms with E-state index in [4.69, 9.17) is 16.3 Å². The van der Waals surface area contributed by atoms with Gasteiger partial charge in [-0.25, -0.2) is 0 Å². The summed E-state index contributed by atoms with van der Waals surface area (Å²) in [5, 5.41) is 0.161. The highest BCUT2D eigenvalue weighted by Gasteiger charge is 2.25. The van der Waals surface area contributed by atoms with Crippen LogP contribution in [0, 0.1) is 11.8 Å². The SMILES string of the molecule is COc1ccc(C(Cl)C2CCC(C)CC2)cc1. The molecule has 17 heavy (non-hydrogen) atoms. The standard InChI is InChI=1S/C15H21ClO/c1-11-3-5-12(6-4-11)15(16)13-7-9-14(17-2)10-8-13/h7-12,15H,3-6H2,1-2H3. The van der Waals surface area contributed by atoms with E-state index < -0.39 is 0 Å². The predicted octanol–water partition coefficient (Wildman–Crippen LogP) is 4.80. The second-order valence-electron chi connectivity index (χ2n) is 5.19. The van der Waals surface area contributed by atoms with E-state index in [9.17, 15) is 0 Å². The third kappa shape index (κ3) is 3.16. The van der Waals surface area contributed by atoms with Gasteiger partial charge in [-0.2, -0.15) is 0 Å². The number of hydrogen-bond donors (Lipinski definition) is 0. The van der Waals surface area contributed by atoms with Gasteiger partial charge in [-0.15, -0.1) is 11.6 Å². The molecule has 2 heteroatoms. The molecule has 0 radical (unpaired) electrons. The van der Waals surface area contributed by atoms with Gasteiger partial charge in [-0.1, -0.05) is 31.9 Å². The van der Waals surface area contributed by atoms with Gasteiger partial charge in [0.1, 0.15) is 5.75 Å². The van der Waals surface area contributed by atoms with Crippen LogP contribution in [0.25, 0.3) is 0 Å². The molecule has 1 aliphatic carbocycles. The highest BCUT2D eigenvalue weighted by Crippen LogP contribution is 2.40. The maximum atomic E-state index is 6.59. The van der Waals surface area contributed by atoms with Crippen LogP contribution in [0.1, 0.15) is 43.5 Å². The number of halogens is 1. The van der Waals surface area contributed by atoms with E-state index in [0.29, 0.717) is 5.92 Å². The Morgan fingerprint density at radius 3 is 2.24 bits per heavy atom. The summed E-state index contributed by atoms with van der Waals surface area (Å²) in [6.45, 7) is 2.34.